The minimum absolute atomic E-state index is 0.103. The average Bonchev–Trinajstić information content (AvgIpc) is 3.69. The average molecular weight is 479 g/mol. The molecule has 2 saturated carbocycles. The number of halogens is 1. The van der Waals surface area contributed by atoms with Crippen LogP contribution in [0.2, 0.25) is 5.02 Å². The topological polar surface area (TPSA) is 0 Å². The lowest BCUT2D eigenvalue weighted by Crippen LogP contribution is -2.22. The summed E-state index contributed by atoms with van der Waals surface area (Å²) in [5.41, 5.74) is 4.66. The van der Waals surface area contributed by atoms with Gasteiger partial charge in [-0.15, -0.1) is 19.7 Å². The van der Waals surface area contributed by atoms with Gasteiger partial charge in [0.05, 0.1) is 0 Å². The van der Waals surface area contributed by atoms with Gasteiger partial charge in [-0.1, -0.05) is 113 Å². The summed E-state index contributed by atoms with van der Waals surface area (Å²) in [5, 5.41) is 0.763. The molecule has 0 nitrogen and oxygen atoms in total. The summed E-state index contributed by atoms with van der Waals surface area (Å²) in [6.45, 7) is 22.0. The van der Waals surface area contributed by atoms with Crippen molar-refractivity contribution in [2.45, 2.75) is 85.0 Å². The van der Waals surface area contributed by atoms with E-state index in [1.54, 1.807) is 0 Å². The van der Waals surface area contributed by atoms with Gasteiger partial charge in [-0.25, -0.2) is 0 Å². The first kappa shape index (κ1) is 30.0. The lowest BCUT2D eigenvalue weighted by atomic mass is 9.75. The van der Waals surface area contributed by atoms with Crippen LogP contribution >= 0.6 is 11.6 Å². The number of rotatable bonds is 5. The molecule has 2 aromatic carbocycles. The van der Waals surface area contributed by atoms with Gasteiger partial charge in [-0.05, 0) is 73.4 Å². The molecule has 0 atom stereocenters. The molecule has 34 heavy (non-hydrogen) atoms. The molecule has 2 aromatic rings. The Labute approximate surface area is 215 Å². The molecule has 0 saturated heterocycles. The molecule has 0 unspecified atom stereocenters. The van der Waals surface area contributed by atoms with Crippen molar-refractivity contribution in [2.24, 2.45) is 11.8 Å². The van der Waals surface area contributed by atoms with Gasteiger partial charge < -0.3 is 0 Å². The van der Waals surface area contributed by atoms with Crippen LogP contribution in [0.4, 0.5) is 0 Å². The fraction of sp³-hybridized carbons (Fsp3) is 0.455. The maximum Gasteiger partial charge on any atom is 0.0412 e. The van der Waals surface area contributed by atoms with Gasteiger partial charge in [-0.2, -0.15) is 0 Å². The summed E-state index contributed by atoms with van der Waals surface area (Å²) < 4.78 is 0. The Morgan fingerprint density at radius 3 is 1.76 bits per heavy atom. The highest BCUT2D eigenvalue weighted by Gasteiger charge is 2.42. The van der Waals surface area contributed by atoms with Crippen molar-refractivity contribution in [1.29, 1.82) is 0 Å². The lowest BCUT2D eigenvalue weighted by molar-refractivity contribution is 0.385. The second-order valence-electron chi connectivity index (χ2n) is 9.66. The van der Waals surface area contributed by atoms with Crippen LogP contribution in [0.1, 0.15) is 85.1 Å². The quantitative estimate of drug-likeness (QED) is 0.374. The van der Waals surface area contributed by atoms with E-state index in [4.69, 9.17) is 11.6 Å². The lowest BCUT2D eigenvalue weighted by Gasteiger charge is -2.28. The van der Waals surface area contributed by atoms with E-state index in [-0.39, 0.29) is 5.41 Å². The molecule has 2 aliphatic carbocycles. The SMILES string of the molecule is C=C(C)C.C=CC(C=C)(c1cccc(-c2cccc(Cl)c2)c1)C1CC1.CC.CC1CCCCC1. The van der Waals surface area contributed by atoms with Crippen LogP contribution in [0, 0.1) is 11.8 Å². The van der Waals surface area contributed by atoms with Gasteiger partial charge in [0.1, 0.15) is 0 Å². The van der Waals surface area contributed by atoms with E-state index < -0.39 is 0 Å². The van der Waals surface area contributed by atoms with Crippen molar-refractivity contribution in [1.82, 2.24) is 0 Å². The van der Waals surface area contributed by atoms with Crippen molar-refractivity contribution in [2.75, 3.05) is 0 Å². The Morgan fingerprint density at radius 1 is 0.853 bits per heavy atom. The summed E-state index contributed by atoms with van der Waals surface area (Å²) in [4.78, 5) is 0. The molecular weight excluding hydrogens is 432 g/mol. The number of benzene rings is 2. The molecule has 0 heterocycles. The van der Waals surface area contributed by atoms with Crippen molar-refractivity contribution in [3.05, 3.63) is 96.6 Å². The fourth-order valence-corrected chi connectivity index (χ4v) is 4.58. The molecule has 0 spiro atoms. The summed E-state index contributed by atoms with van der Waals surface area (Å²) in [5.74, 6) is 1.68. The predicted molar refractivity (Wildman–Crippen MR) is 156 cm³/mol. The molecule has 0 aromatic heterocycles. The van der Waals surface area contributed by atoms with Gasteiger partial charge in [0, 0.05) is 10.4 Å². The van der Waals surface area contributed by atoms with Crippen LogP contribution in [0.3, 0.4) is 0 Å². The number of allylic oxidation sites excluding steroid dienone is 3. The first-order chi connectivity index (χ1) is 16.3. The van der Waals surface area contributed by atoms with Gasteiger partial charge >= 0.3 is 0 Å². The fourth-order valence-electron chi connectivity index (χ4n) is 4.39. The molecule has 0 radical (unpaired) electrons. The molecule has 186 valence electrons. The van der Waals surface area contributed by atoms with Gasteiger partial charge in [0.15, 0.2) is 0 Å². The van der Waals surface area contributed by atoms with E-state index in [1.165, 1.54) is 61.6 Å². The van der Waals surface area contributed by atoms with Crippen molar-refractivity contribution >= 4 is 11.6 Å². The third-order valence-corrected chi connectivity index (χ3v) is 6.58. The molecule has 0 bridgehead atoms. The maximum atomic E-state index is 6.11. The Kier molecular flexibility index (Phi) is 13.9. The van der Waals surface area contributed by atoms with Crippen LogP contribution in [0.15, 0.2) is 86.0 Å². The zero-order chi connectivity index (χ0) is 25.6. The highest BCUT2D eigenvalue weighted by atomic mass is 35.5. The highest BCUT2D eigenvalue weighted by Crippen LogP contribution is 2.49. The number of hydrogen-bond acceptors (Lipinski definition) is 0. The summed E-state index contributed by atoms with van der Waals surface area (Å²) in [6, 6.07) is 16.6. The smallest absolute Gasteiger partial charge is 0.0412 e. The minimum Gasteiger partial charge on any atom is -0.102 e. The van der Waals surface area contributed by atoms with E-state index in [2.05, 4.69) is 69.1 Å². The van der Waals surface area contributed by atoms with Crippen LogP contribution in [0.5, 0.6) is 0 Å². The molecule has 2 aliphatic rings. The van der Waals surface area contributed by atoms with Gasteiger partial charge in [0.2, 0.25) is 0 Å². The minimum atomic E-state index is -0.103. The molecule has 0 aliphatic heterocycles. The third kappa shape index (κ3) is 9.67. The molecule has 0 N–H and O–H groups in total. The number of hydrogen-bond donors (Lipinski definition) is 0. The van der Waals surface area contributed by atoms with Crippen LogP contribution < -0.4 is 0 Å². The summed E-state index contributed by atoms with van der Waals surface area (Å²) in [6.07, 6.45) is 14.0. The first-order valence-corrected chi connectivity index (χ1v) is 13.5. The van der Waals surface area contributed by atoms with E-state index in [9.17, 15) is 0 Å². The Balaban J connectivity index is 0.000000367. The van der Waals surface area contributed by atoms with Crippen LogP contribution in [0.25, 0.3) is 11.1 Å². The highest BCUT2D eigenvalue weighted by molar-refractivity contribution is 6.30. The Hall–Kier alpha value is -2.05. The van der Waals surface area contributed by atoms with Crippen LogP contribution in [-0.2, 0) is 5.41 Å². The monoisotopic (exact) mass is 478 g/mol. The molecule has 4 rings (SSSR count). The molecule has 0 amide bonds. The first-order valence-electron chi connectivity index (χ1n) is 13.1. The van der Waals surface area contributed by atoms with Crippen molar-refractivity contribution in [3.63, 3.8) is 0 Å². The third-order valence-electron chi connectivity index (χ3n) is 6.34. The largest absolute Gasteiger partial charge is 0.102 e. The maximum absolute atomic E-state index is 6.11. The Morgan fingerprint density at radius 2 is 1.35 bits per heavy atom. The standard InChI is InChI=1S/C20H19Cl.C7H14.C4H8.C2H6/c1-3-20(4-2,17-11-12-17)18-9-5-7-15(13-18)16-8-6-10-19(21)14-16;1-7-5-3-2-4-6-7;1-4(2)3;1-2/h3-10,13-14,17H,1-2,11-12H2;7H,2-6H2,1H3;1H2,2-3H3;1-2H3. The van der Waals surface area contributed by atoms with Gasteiger partial charge in [-0.3, -0.25) is 0 Å². The second kappa shape index (κ2) is 15.8. The predicted octanol–water partition coefficient (Wildman–Crippen LogP) is 11.2. The molecular formula is C33H47Cl. The van der Waals surface area contributed by atoms with Crippen molar-refractivity contribution < 1.29 is 0 Å². The summed E-state index contributed by atoms with van der Waals surface area (Å²) >= 11 is 6.11. The zero-order valence-electron chi connectivity index (χ0n) is 22.4. The Bertz CT molecular complexity index is 869. The van der Waals surface area contributed by atoms with Crippen molar-refractivity contribution in [3.8, 4) is 11.1 Å². The molecule has 1 heteroatoms. The molecule has 2 fully saturated rings. The second-order valence-corrected chi connectivity index (χ2v) is 10.1. The summed E-state index contributed by atoms with van der Waals surface area (Å²) in [7, 11) is 0. The van der Waals surface area contributed by atoms with E-state index in [0.717, 1.165) is 16.5 Å². The van der Waals surface area contributed by atoms with E-state index in [1.807, 2.05) is 45.9 Å². The van der Waals surface area contributed by atoms with Crippen LogP contribution in [-0.4, -0.2) is 0 Å². The van der Waals surface area contributed by atoms with E-state index >= 15 is 0 Å². The van der Waals surface area contributed by atoms with Gasteiger partial charge in [0.25, 0.3) is 0 Å². The zero-order valence-corrected chi connectivity index (χ0v) is 23.1. The normalized spacial score (nSPS) is 15.2. The van der Waals surface area contributed by atoms with E-state index in [0.29, 0.717) is 5.92 Å².